The molecule has 0 fully saturated rings. The van der Waals surface area contributed by atoms with E-state index in [2.05, 4.69) is 42.7 Å². The number of benzene rings is 3. The number of hydrogen-bond acceptors (Lipinski definition) is 4. The van der Waals surface area contributed by atoms with Crippen LogP contribution in [0.4, 0.5) is 5.69 Å². The number of carboxylic acids is 1. The molecule has 1 heterocycles. The van der Waals surface area contributed by atoms with Gasteiger partial charge in [0.1, 0.15) is 0 Å². The van der Waals surface area contributed by atoms with Crippen molar-refractivity contribution in [3.63, 3.8) is 0 Å². The van der Waals surface area contributed by atoms with Crippen LogP contribution in [0.3, 0.4) is 0 Å². The molecule has 0 saturated heterocycles. The lowest BCUT2D eigenvalue weighted by atomic mass is 9.90. The number of carboxylic acid groups (broad SMARTS) is 1. The second kappa shape index (κ2) is 13.6. The van der Waals surface area contributed by atoms with Crippen LogP contribution < -0.4 is 14.4 Å². The summed E-state index contributed by atoms with van der Waals surface area (Å²) in [5, 5.41) is 11.2. The fourth-order valence-corrected chi connectivity index (χ4v) is 5.88. The van der Waals surface area contributed by atoms with E-state index >= 15 is 0 Å². The third kappa shape index (κ3) is 6.37. The zero-order valence-corrected chi connectivity index (χ0v) is 25.4. The number of hydrogen-bond donors (Lipinski definition) is 1. The molecule has 0 amide bonds. The van der Waals surface area contributed by atoms with Crippen molar-refractivity contribution in [3.05, 3.63) is 77.0 Å². The Morgan fingerprint density at radius 3 is 2.27 bits per heavy atom. The summed E-state index contributed by atoms with van der Waals surface area (Å²) in [6.07, 6.45) is 7.91. The Labute approximate surface area is 244 Å². The number of unbranched alkanes of at least 4 members (excludes halogenated alkanes) is 5. The summed E-state index contributed by atoms with van der Waals surface area (Å²) in [5.74, 6) is 0.384. The van der Waals surface area contributed by atoms with Gasteiger partial charge in [-0.15, -0.1) is 0 Å². The summed E-state index contributed by atoms with van der Waals surface area (Å²) in [7, 11) is 7.15. The maximum atomic E-state index is 12.3. The van der Waals surface area contributed by atoms with Gasteiger partial charge in [-0.05, 0) is 55.2 Å². The molecule has 1 aromatic heterocycles. The first-order valence-corrected chi connectivity index (χ1v) is 14.7. The molecule has 0 unspecified atom stereocenters. The van der Waals surface area contributed by atoms with E-state index in [1.807, 2.05) is 43.3 Å². The van der Waals surface area contributed by atoms with Crippen molar-refractivity contribution >= 4 is 22.6 Å². The fourth-order valence-electron chi connectivity index (χ4n) is 5.88. The quantitative estimate of drug-likeness (QED) is 0.158. The van der Waals surface area contributed by atoms with E-state index in [0.29, 0.717) is 23.5 Å². The van der Waals surface area contributed by atoms with E-state index in [-0.39, 0.29) is 0 Å². The maximum Gasteiger partial charge on any atom is 0.336 e. The van der Waals surface area contributed by atoms with Crippen LogP contribution in [0, 0.1) is 6.92 Å². The van der Waals surface area contributed by atoms with Crippen LogP contribution in [0.15, 0.2) is 54.6 Å². The molecule has 1 N–H and O–H groups in total. The lowest BCUT2D eigenvalue weighted by molar-refractivity contribution is 0.0696. The minimum Gasteiger partial charge on any atom is -0.493 e. The largest absolute Gasteiger partial charge is 0.493 e. The smallest absolute Gasteiger partial charge is 0.336 e. The third-order valence-electron chi connectivity index (χ3n) is 8.07. The number of aromatic carboxylic acids is 1. The SMILES string of the molecule is CCCCCCCCn1c(C)c(-c2c(Cc3ccc(N(C)C)cc3C(=O)O)ccc(OC)c2OC)c2ccccc21. The molecule has 4 rings (SSSR count). The monoisotopic (exact) mass is 556 g/mol. The van der Waals surface area contributed by atoms with Crippen LogP contribution in [-0.2, 0) is 13.0 Å². The third-order valence-corrected chi connectivity index (χ3v) is 8.07. The second-order valence-electron chi connectivity index (χ2n) is 10.9. The van der Waals surface area contributed by atoms with Gasteiger partial charge in [0.15, 0.2) is 11.5 Å². The molecule has 0 aliphatic rings. The number of aromatic nitrogens is 1. The standard InChI is InChI=1S/C35H44N2O4/c1-7-8-9-10-11-14-21-37-24(2)32(28-15-12-13-16-30(28)37)33-26(18-20-31(40-5)34(33)41-6)22-25-17-19-27(36(3)4)23-29(25)35(38)39/h12-13,15-20,23H,7-11,14,21-22H2,1-6H3,(H,38,39). The Balaban J connectivity index is 1.86. The number of carbonyl (C=O) groups is 1. The predicted molar refractivity (Wildman–Crippen MR) is 169 cm³/mol. The van der Waals surface area contributed by atoms with Crippen molar-refractivity contribution in [1.82, 2.24) is 4.57 Å². The van der Waals surface area contributed by atoms with Gasteiger partial charge < -0.3 is 24.0 Å². The highest BCUT2D eigenvalue weighted by Gasteiger charge is 2.25. The topological polar surface area (TPSA) is 63.9 Å². The molecule has 0 radical (unpaired) electrons. The Kier molecular flexibility index (Phi) is 9.98. The van der Waals surface area contributed by atoms with Crippen molar-refractivity contribution < 1.29 is 19.4 Å². The van der Waals surface area contributed by atoms with Gasteiger partial charge >= 0.3 is 5.97 Å². The van der Waals surface area contributed by atoms with Gasteiger partial charge in [0.2, 0.25) is 0 Å². The highest BCUT2D eigenvalue weighted by Crippen LogP contribution is 2.46. The molecule has 0 atom stereocenters. The number of methoxy groups -OCH3 is 2. The molecule has 6 nitrogen and oxygen atoms in total. The van der Waals surface area contributed by atoms with Gasteiger partial charge in [-0.3, -0.25) is 0 Å². The molecule has 41 heavy (non-hydrogen) atoms. The van der Waals surface area contributed by atoms with Crippen molar-refractivity contribution in [2.75, 3.05) is 33.2 Å². The molecule has 0 aliphatic heterocycles. The van der Waals surface area contributed by atoms with Crippen molar-refractivity contribution in [1.29, 1.82) is 0 Å². The highest BCUT2D eigenvalue weighted by molar-refractivity contribution is 6.01. The van der Waals surface area contributed by atoms with Crippen LogP contribution in [0.2, 0.25) is 0 Å². The maximum absolute atomic E-state index is 12.3. The molecule has 0 spiro atoms. The number of para-hydroxylation sites is 1. The summed E-state index contributed by atoms with van der Waals surface area (Å²) in [6.45, 7) is 5.39. The van der Waals surface area contributed by atoms with Crippen molar-refractivity contribution in [2.24, 2.45) is 0 Å². The number of aryl methyl sites for hydroxylation is 1. The second-order valence-corrected chi connectivity index (χ2v) is 10.9. The normalized spacial score (nSPS) is 11.2. The molecule has 6 heteroatoms. The van der Waals surface area contributed by atoms with Crippen LogP contribution in [0.25, 0.3) is 22.0 Å². The van der Waals surface area contributed by atoms with E-state index in [0.717, 1.165) is 46.3 Å². The van der Waals surface area contributed by atoms with Gasteiger partial charge in [-0.25, -0.2) is 4.79 Å². The van der Waals surface area contributed by atoms with E-state index in [1.165, 1.54) is 43.3 Å². The predicted octanol–water partition coefficient (Wildman–Crippen LogP) is 8.35. The molecular weight excluding hydrogens is 512 g/mol. The number of ether oxygens (including phenoxy) is 2. The number of fused-ring (bicyclic) bond motifs is 1. The minimum absolute atomic E-state index is 0.305. The van der Waals surface area contributed by atoms with Gasteiger partial charge in [0, 0.05) is 54.1 Å². The van der Waals surface area contributed by atoms with Crippen molar-refractivity contribution in [3.8, 4) is 22.6 Å². The Morgan fingerprint density at radius 2 is 1.59 bits per heavy atom. The molecule has 0 bridgehead atoms. The van der Waals surface area contributed by atoms with Crippen LogP contribution in [0.1, 0.15) is 72.6 Å². The number of nitrogens with zero attached hydrogens (tertiary/aromatic N) is 2. The molecule has 0 aliphatic carbocycles. The summed E-state index contributed by atoms with van der Waals surface area (Å²) in [5.41, 5.74) is 7.35. The van der Waals surface area contributed by atoms with E-state index in [4.69, 9.17) is 9.47 Å². The first-order chi connectivity index (χ1) is 19.8. The lowest BCUT2D eigenvalue weighted by Gasteiger charge is -2.20. The summed E-state index contributed by atoms with van der Waals surface area (Å²) in [6, 6.07) is 18.1. The number of rotatable bonds is 14. The first-order valence-electron chi connectivity index (χ1n) is 14.7. The minimum atomic E-state index is -0.933. The molecule has 3 aromatic carbocycles. The average molecular weight is 557 g/mol. The van der Waals surface area contributed by atoms with E-state index < -0.39 is 5.97 Å². The zero-order chi connectivity index (χ0) is 29.5. The highest BCUT2D eigenvalue weighted by atomic mass is 16.5. The fraction of sp³-hybridized carbons (Fsp3) is 0.400. The van der Waals surface area contributed by atoms with Gasteiger partial charge in [0.05, 0.1) is 19.8 Å². The molecule has 4 aromatic rings. The van der Waals surface area contributed by atoms with Gasteiger partial charge in [-0.2, -0.15) is 0 Å². The molecule has 218 valence electrons. The van der Waals surface area contributed by atoms with Crippen LogP contribution in [0.5, 0.6) is 11.5 Å². The van der Waals surface area contributed by atoms with E-state index in [1.54, 1.807) is 20.3 Å². The van der Waals surface area contributed by atoms with Crippen molar-refractivity contribution in [2.45, 2.75) is 65.3 Å². The summed E-state index contributed by atoms with van der Waals surface area (Å²) < 4.78 is 14.2. The van der Waals surface area contributed by atoms with Crippen LogP contribution >= 0.6 is 0 Å². The van der Waals surface area contributed by atoms with Crippen LogP contribution in [-0.4, -0.2) is 44.0 Å². The van der Waals surface area contributed by atoms with Gasteiger partial charge in [0.25, 0.3) is 0 Å². The Morgan fingerprint density at radius 1 is 0.878 bits per heavy atom. The van der Waals surface area contributed by atoms with E-state index in [9.17, 15) is 9.90 Å². The Bertz CT molecular complexity index is 1500. The van der Waals surface area contributed by atoms with Gasteiger partial charge in [-0.1, -0.05) is 69.4 Å². The Hall–Kier alpha value is -3.93. The first kappa shape index (κ1) is 30.0. The molecular formula is C35H44N2O4. The average Bonchev–Trinajstić information content (AvgIpc) is 3.25. The number of anilines is 1. The lowest BCUT2D eigenvalue weighted by Crippen LogP contribution is -2.11. The zero-order valence-electron chi connectivity index (χ0n) is 25.4. The summed E-state index contributed by atoms with van der Waals surface area (Å²) >= 11 is 0. The summed E-state index contributed by atoms with van der Waals surface area (Å²) in [4.78, 5) is 14.2. The molecule has 0 saturated carbocycles.